The first-order valence-corrected chi connectivity index (χ1v) is 7.34. The molecule has 0 aromatic heterocycles. The van der Waals surface area contributed by atoms with Gasteiger partial charge in [0.15, 0.2) is 0 Å². The number of hydrogen-bond acceptors (Lipinski definition) is 3. The molecule has 4 heteroatoms. The van der Waals surface area contributed by atoms with Crippen molar-refractivity contribution in [1.29, 1.82) is 0 Å². The van der Waals surface area contributed by atoms with Crippen LogP contribution >= 0.6 is 0 Å². The molecule has 0 amide bonds. The molecule has 0 saturated heterocycles. The van der Waals surface area contributed by atoms with E-state index in [0.717, 1.165) is 6.42 Å². The van der Waals surface area contributed by atoms with Crippen molar-refractivity contribution >= 4 is 12.8 Å². The maximum atomic E-state index is 9.40. The topological polar surface area (TPSA) is 51.2 Å². The Morgan fingerprint density at radius 2 is 1.75 bits per heavy atom. The second-order valence-corrected chi connectivity index (χ2v) is 5.56. The van der Waals surface area contributed by atoms with Gasteiger partial charge in [-0.25, -0.2) is 12.2 Å². The Kier molecular flexibility index (Phi) is 7.28. The molecule has 0 heterocycles. The quantitative estimate of drug-likeness (QED) is 0.592. The second kappa shape index (κ2) is 8.01. The average molecular weight is 333 g/mol. The molecule has 0 aromatic rings. The van der Waals surface area contributed by atoms with E-state index in [1.165, 1.54) is 12.8 Å². The third-order valence-corrected chi connectivity index (χ3v) is 2.63. The van der Waals surface area contributed by atoms with Gasteiger partial charge in [0.05, 0.1) is 0 Å². The molecular formula is C8H5O3W-. The molecule has 0 bridgehead atoms. The van der Waals surface area contributed by atoms with Crippen LogP contribution in [0.5, 0.6) is 0 Å². The molecule has 1 aliphatic rings. The normalized spacial score (nSPS) is 10.3. The number of hydrogen-bond donors (Lipinski definition) is 0. The minimum Gasteiger partial charge on any atom is -0.273 e. The van der Waals surface area contributed by atoms with E-state index in [1.807, 2.05) is 12.2 Å². The Hall–Kier alpha value is -1.09. The third-order valence-electron chi connectivity index (χ3n) is 0.836. The van der Waals surface area contributed by atoms with Gasteiger partial charge in [0, 0.05) is 0 Å². The minimum absolute atomic E-state index is 1.01. The van der Waals surface area contributed by atoms with Gasteiger partial charge in [0.25, 0.3) is 0 Å². The standard InChI is InChI=1S/C5H5.3CO.W/c1-2-4-5-3-1;3*1-2;/h1-3H,4H2;;;;/q-1;;;;. The molecule has 1 rings (SSSR count). The van der Waals surface area contributed by atoms with Crippen LogP contribution in [0.1, 0.15) is 6.42 Å². The molecule has 0 N–H and O–H groups in total. The summed E-state index contributed by atoms with van der Waals surface area (Å²) >= 11 is -3.05. The zero-order valence-electron chi connectivity index (χ0n) is 6.07. The molecule has 0 fully saturated rings. The molecule has 0 spiro atoms. The summed E-state index contributed by atoms with van der Waals surface area (Å²) in [5.41, 5.74) is 0. The first-order chi connectivity index (χ1) is 5.85. The summed E-state index contributed by atoms with van der Waals surface area (Å²) in [7, 11) is 0. The summed E-state index contributed by atoms with van der Waals surface area (Å²) in [6.45, 7) is 0. The van der Waals surface area contributed by atoms with Crippen LogP contribution in [0.2, 0.25) is 0 Å². The summed E-state index contributed by atoms with van der Waals surface area (Å²) in [6.07, 6.45) is 10.0. The molecular weight excluding hydrogens is 328 g/mol. The second-order valence-electron chi connectivity index (χ2n) is 1.56. The van der Waals surface area contributed by atoms with Gasteiger partial charge in [0.1, 0.15) is 0 Å². The molecule has 12 heavy (non-hydrogen) atoms. The smallest absolute Gasteiger partial charge is 0.109 e. The fourth-order valence-electron chi connectivity index (χ4n) is 0.391. The van der Waals surface area contributed by atoms with Crippen LogP contribution in [-0.2, 0) is 30.3 Å². The van der Waals surface area contributed by atoms with Gasteiger partial charge in [-0.1, -0.05) is 0 Å². The summed E-state index contributed by atoms with van der Waals surface area (Å²) < 4.78 is 3.90. The van der Waals surface area contributed by atoms with Crippen LogP contribution in [0.3, 0.4) is 0 Å². The van der Waals surface area contributed by atoms with Gasteiger partial charge in [-0.2, -0.15) is 6.08 Å². The van der Waals surface area contributed by atoms with Crippen molar-refractivity contribution in [2.45, 2.75) is 6.42 Å². The first-order valence-electron chi connectivity index (χ1n) is 2.94. The molecule has 3 nitrogen and oxygen atoms in total. The number of rotatable bonds is 0. The Bertz CT molecular complexity index is 340. The predicted octanol–water partition coefficient (Wildman–Crippen LogP) is 0.112. The van der Waals surface area contributed by atoms with Gasteiger partial charge in [-0.3, -0.25) is 6.08 Å². The molecule has 0 radical (unpaired) electrons. The van der Waals surface area contributed by atoms with Gasteiger partial charge in [0.2, 0.25) is 0 Å². The van der Waals surface area contributed by atoms with E-state index >= 15 is 0 Å². The fraction of sp³-hybridized carbons (Fsp3) is 0.125. The van der Waals surface area contributed by atoms with Crippen LogP contribution in [0.25, 0.3) is 0 Å². The summed E-state index contributed by atoms with van der Waals surface area (Å²) in [5.74, 6) is 0. The minimum atomic E-state index is -3.05. The van der Waals surface area contributed by atoms with Crippen molar-refractivity contribution in [1.82, 2.24) is 0 Å². The fourth-order valence-corrected chi connectivity index (χ4v) is 0.758. The van der Waals surface area contributed by atoms with Crippen molar-refractivity contribution in [3.8, 4) is 0 Å². The maximum Gasteiger partial charge on any atom is -0.109 e. The largest absolute Gasteiger partial charge is 0.273 e. The SMILES string of the molecule is O=[C]=[W](=[C]=O)=[C]=O.[C-]1=CC=CC1. The number of allylic oxidation sites excluding steroid dienone is 4. The van der Waals surface area contributed by atoms with E-state index in [2.05, 4.69) is 12.2 Å². The summed E-state index contributed by atoms with van der Waals surface area (Å²) in [5, 5.41) is 0. The van der Waals surface area contributed by atoms with Crippen LogP contribution in [0.4, 0.5) is 0 Å². The van der Waals surface area contributed by atoms with Crippen molar-refractivity contribution in [2.24, 2.45) is 0 Å². The third kappa shape index (κ3) is 5.67. The maximum absolute atomic E-state index is 9.40. The molecule has 1 aliphatic carbocycles. The van der Waals surface area contributed by atoms with E-state index in [-0.39, 0.29) is 0 Å². The summed E-state index contributed by atoms with van der Waals surface area (Å²) in [6, 6.07) is 0. The van der Waals surface area contributed by atoms with E-state index in [4.69, 9.17) is 0 Å². The van der Waals surface area contributed by atoms with Gasteiger partial charge in [-0.15, -0.1) is 6.42 Å². The van der Waals surface area contributed by atoms with Gasteiger partial charge >= 0.3 is 43.1 Å². The van der Waals surface area contributed by atoms with E-state index < -0.39 is 15.9 Å². The Labute approximate surface area is 74.1 Å². The van der Waals surface area contributed by atoms with Crippen LogP contribution < -0.4 is 0 Å². The molecule has 62 valence electrons. The zero-order chi connectivity index (χ0) is 9.23. The average Bonchev–Trinajstić information content (AvgIpc) is 2.64. The van der Waals surface area contributed by atoms with Crippen molar-refractivity contribution in [3.63, 3.8) is 0 Å². The molecule has 0 saturated carbocycles. The molecule has 0 unspecified atom stereocenters. The molecule has 0 aliphatic heterocycles. The predicted molar refractivity (Wildman–Crippen MR) is 38.7 cm³/mol. The van der Waals surface area contributed by atoms with Gasteiger partial charge < -0.3 is 0 Å². The van der Waals surface area contributed by atoms with Crippen LogP contribution in [0.15, 0.2) is 18.2 Å². The molecule has 0 aromatic carbocycles. The zero-order valence-corrected chi connectivity index (χ0v) is 9.01. The summed E-state index contributed by atoms with van der Waals surface area (Å²) in [4.78, 5) is 28.2. The first kappa shape index (κ1) is 10.9. The van der Waals surface area contributed by atoms with Crippen molar-refractivity contribution in [2.75, 3.05) is 0 Å². The Balaban J connectivity index is 0.000000211. The van der Waals surface area contributed by atoms with Crippen LogP contribution in [0, 0.1) is 6.08 Å². The van der Waals surface area contributed by atoms with Gasteiger partial charge in [-0.05, 0) is 0 Å². The van der Waals surface area contributed by atoms with Crippen molar-refractivity contribution < 1.29 is 30.3 Å². The van der Waals surface area contributed by atoms with E-state index in [9.17, 15) is 14.4 Å². The number of carbonyl (C=O) groups excluding carboxylic acids is 3. The van der Waals surface area contributed by atoms with Crippen molar-refractivity contribution in [3.05, 3.63) is 24.3 Å². The Morgan fingerprint density at radius 3 is 1.83 bits per heavy atom. The van der Waals surface area contributed by atoms with E-state index in [0.29, 0.717) is 0 Å². The molecule has 0 atom stereocenters. The van der Waals surface area contributed by atoms with E-state index in [1.54, 1.807) is 0 Å². The van der Waals surface area contributed by atoms with Crippen LogP contribution in [-0.4, -0.2) is 12.8 Å². The monoisotopic (exact) mass is 333 g/mol. The Morgan fingerprint density at radius 1 is 1.17 bits per heavy atom.